The Balaban J connectivity index is 1.73. The Labute approximate surface area is 117 Å². The summed E-state index contributed by atoms with van der Waals surface area (Å²) in [5, 5.41) is 3.50. The molecular weight excluding hydrogens is 236 g/mol. The van der Waals surface area contributed by atoms with Crippen molar-refractivity contribution in [2.24, 2.45) is 17.8 Å². The summed E-state index contributed by atoms with van der Waals surface area (Å²) in [4.78, 5) is 14.6. The third-order valence-electron chi connectivity index (χ3n) is 5.44. The summed E-state index contributed by atoms with van der Waals surface area (Å²) >= 11 is 0. The lowest BCUT2D eigenvalue weighted by atomic mass is 9.79. The van der Waals surface area contributed by atoms with Crippen molar-refractivity contribution in [2.45, 2.75) is 71.0 Å². The number of nitrogens with one attached hydrogen (secondary N) is 1. The minimum Gasteiger partial charge on any atom is -0.323 e. The van der Waals surface area contributed by atoms with Crippen molar-refractivity contribution in [3.63, 3.8) is 0 Å². The van der Waals surface area contributed by atoms with Crippen LogP contribution in [0.4, 0.5) is 0 Å². The van der Waals surface area contributed by atoms with Crippen LogP contribution in [-0.2, 0) is 4.79 Å². The molecule has 3 aliphatic rings. The van der Waals surface area contributed by atoms with Gasteiger partial charge in [-0.1, -0.05) is 26.7 Å². The first kappa shape index (κ1) is 13.4. The van der Waals surface area contributed by atoms with Gasteiger partial charge in [-0.3, -0.25) is 10.1 Å². The van der Waals surface area contributed by atoms with Gasteiger partial charge in [-0.25, -0.2) is 0 Å². The van der Waals surface area contributed by atoms with Crippen molar-refractivity contribution in [1.82, 2.24) is 10.2 Å². The van der Waals surface area contributed by atoms with Crippen molar-refractivity contribution in [1.29, 1.82) is 0 Å². The number of carbonyl (C=O) groups is 1. The van der Waals surface area contributed by atoms with Crippen LogP contribution in [-0.4, -0.2) is 29.6 Å². The predicted octanol–water partition coefficient (Wildman–Crippen LogP) is 2.76. The Bertz CT molecular complexity index is 328. The lowest BCUT2D eigenvalue weighted by Crippen LogP contribution is -2.50. The molecule has 1 saturated heterocycles. The summed E-state index contributed by atoms with van der Waals surface area (Å²) in [5.41, 5.74) is 0. The van der Waals surface area contributed by atoms with Gasteiger partial charge in [-0.05, 0) is 49.9 Å². The Kier molecular flexibility index (Phi) is 3.84. The maximum atomic E-state index is 12.3. The van der Waals surface area contributed by atoms with Crippen LogP contribution in [0, 0.1) is 17.8 Å². The summed E-state index contributed by atoms with van der Waals surface area (Å²) < 4.78 is 0. The van der Waals surface area contributed by atoms with Gasteiger partial charge in [0, 0.05) is 6.04 Å². The van der Waals surface area contributed by atoms with Crippen LogP contribution < -0.4 is 5.32 Å². The number of nitrogens with zero attached hydrogens (tertiary/aromatic N) is 1. The summed E-state index contributed by atoms with van der Waals surface area (Å²) in [6.45, 7) is 5.27. The lowest BCUT2D eigenvalue weighted by Gasteiger charge is -2.41. The van der Waals surface area contributed by atoms with E-state index < -0.39 is 0 Å². The van der Waals surface area contributed by atoms with Crippen LogP contribution in [0.25, 0.3) is 0 Å². The van der Waals surface area contributed by atoms with Crippen LogP contribution in [0.15, 0.2) is 0 Å². The van der Waals surface area contributed by atoms with Gasteiger partial charge in [-0.15, -0.1) is 0 Å². The third-order valence-corrected chi connectivity index (χ3v) is 5.44. The van der Waals surface area contributed by atoms with E-state index in [0.717, 1.165) is 11.8 Å². The van der Waals surface area contributed by atoms with Crippen molar-refractivity contribution in [3.8, 4) is 0 Å². The van der Waals surface area contributed by atoms with Gasteiger partial charge in [0.2, 0.25) is 5.91 Å². The quantitative estimate of drug-likeness (QED) is 0.832. The molecule has 0 spiro atoms. The average Bonchev–Trinajstić information content (AvgIpc) is 2.95. The van der Waals surface area contributed by atoms with E-state index in [1.165, 1.54) is 44.9 Å². The van der Waals surface area contributed by atoms with Gasteiger partial charge in [0.1, 0.15) is 0 Å². The van der Waals surface area contributed by atoms with Gasteiger partial charge >= 0.3 is 0 Å². The standard InChI is InChI=1S/C16H28N2O/c1-11-7-12(2)9-14(8-11)18-15(19)10-17-16(18)13-5-3-4-6-13/h11-14,16-17H,3-10H2,1-2H3. The predicted molar refractivity (Wildman–Crippen MR) is 76.6 cm³/mol. The van der Waals surface area contributed by atoms with Gasteiger partial charge < -0.3 is 4.90 Å². The molecule has 3 atom stereocenters. The molecule has 108 valence electrons. The number of hydrogen-bond donors (Lipinski definition) is 1. The van der Waals surface area contributed by atoms with E-state index in [1.807, 2.05) is 0 Å². The maximum Gasteiger partial charge on any atom is 0.238 e. The molecule has 3 heteroatoms. The molecule has 2 aliphatic carbocycles. The number of hydrogen-bond acceptors (Lipinski definition) is 2. The highest BCUT2D eigenvalue weighted by Gasteiger charge is 2.42. The van der Waals surface area contributed by atoms with E-state index in [0.29, 0.717) is 30.6 Å². The molecule has 1 amide bonds. The fourth-order valence-electron chi connectivity index (χ4n) is 4.77. The maximum absolute atomic E-state index is 12.3. The molecule has 3 unspecified atom stereocenters. The molecule has 3 nitrogen and oxygen atoms in total. The highest BCUT2D eigenvalue weighted by Crippen LogP contribution is 2.37. The molecule has 1 aliphatic heterocycles. The van der Waals surface area contributed by atoms with E-state index in [1.54, 1.807) is 0 Å². The van der Waals surface area contributed by atoms with Crippen molar-refractivity contribution in [3.05, 3.63) is 0 Å². The molecule has 0 radical (unpaired) electrons. The van der Waals surface area contributed by atoms with E-state index in [4.69, 9.17) is 0 Å². The Morgan fingerprint density at radius 2 is 1.68 bits per heavy atom. The fraction of sp³-hybridized carbons (Fsp3) is 0.938. The summed E-state index contributed by atoms with van der Waals surface area (Å²) in [5.74, 6) is 2.60. The highest BCUT2D eigenvalue weighted by molar-refractivity contribution is 5.81. The fourth-order valence-corrected chi connectivity index (χ4v) is 4.77. The average molecular weight is 264 g/mol. The lowest BCUT2D eigenvalue weighted by molar-refractivity contribution is -0.132. The SMILES string of the molecule is CC1CC(C)CC(N2C(=O)CNC2C2CCCC2)C1. The first-order chi connectivity index (χ1) is 9.15. The van der Waals surface area contributed by atoms with Crippen LogP contribution in [0.3, 0.4) is 0 Å². The molecule has 19 heavy (non-hydrogen) atoms. The molecule has 3 fully saturated rings. The van der Waals surface area contributed by atoms with Gasteiger partial charge in [0.25, 0.3) is 0 Å². The van der Waals surface area contributed by atoms with E-state index >= 15 is 0 Å². The third kappa shape index (κ3) is 2.67. The molecule has 1 heterocycles. The van der Waals surface area contributed by atoms with Crippen LogP contribution in [0.5, 0.6) is 0 Å². The van der Waals surface area contributed by atoms with Crippen LogP contribution in [0.2, 0.25) is 0 Å². The van der Waals surface area contributed by atoms with E-state index in [2.05, 4.69) is 24.1 Å². The largest absolute Gasteiger partial charge is 0.323 e. The van der Waals surface area contributed by atoms with Gasteiger partial charge in [0.05, 0.1) is 12.7 Å². The summed E-state index contributed by atoms with van der Waals surface area (Å²) in [6, 6.07) is 0.492. The minimum atomic E-state index is 0.345. The molecule has 0 bridgehead atoms. The minimum absolute atomic E-state index is 0.345. The Hall–Kier alpha value is -0.570. The van der Waals surface area contributed by atoms with Crippen LogP contribution >= 0.6 is 0 Å². The van der Waals surface area contributed by atoms with Crippen molar-refractivity contribution >= 4 is 5.91 Å². The summed E-state index contributed by atoms with van der Waals surface area (Å²) in [6.07, 6.45) is 9.41. The zero-order valence-electron chi connectivity index (χ0n) is 12.4. The monoisotopic (exact) mass is 264 g/mol. The number of amides is 1. The molecule has 0 aromatic rings. The first-order valence-corrected chi connectivity index (χ1v) is 8.19. The van der Waals surface area contributed by atoms with Crippen molar-refractivity contribution < 1.29 is 4.79 Å². The Morgan fingerprint density at radius 1 is 1.05 bits per heavy atom. The zero-order valence-corrected chi connectivity index (χ0v) is 12.4. The second-order valence-corrected chi connectivity index (χ2v) is 7.24. The first-order valence-electron chi connectivity index (χ1n) is 8.19. The van der Waals surface area contributed by atoms with Gasteiger partial charge in [0.15, 0.2) is 0 Å². The molecular formula is C16H28N2O. The molecule has 0 aromatic heterocycles. The second-order valence-electron chi connectivity index (χ2n) is 7.24. The molecule has 2 saturated carbocycles. The topological polar surface area (TPSA) is 32.3 Å². The zero-order chi connectivity index (χ0) is 13.4. The molecule has 3 rings (SSSR count). The number of rotatable bonds is 2. The number of carbonyl (C=O) groups excluding carboxylic acids is 1. The highest BCUT2D eigenvalue weighted by atomic mass is 16.2. The Morgan fingerprint density at radius 3 is 2.32 bits per heavy atom. The second kappa shape index (κ2) is 5.43. The van der Waals surface area contributed by atoms with E-state index in [9.17, 15) is 4.79 Å². The summed E-state index contributed by atoms with van der Waals surface area (Å²) in [7, 11) is 0. The van der Waals surface area contributed by atoms with E-state index in [-0.39, 0.29) is 0 Å². The van der Waals surface area contributed by atoms with Gasteiger partial charge in [-0.2, -0.15) is 0 Å². The van der Waals surface area contributed by atoms with Crippen LogP contribution in [0.1, 0.15) is 58.8 Å². The van der Waals surface area contributed by atoms with Crippen molar-refractivity contribution in [2.75, 3.05) is 6.54 Å². The molecule has 0 aromatic carbocycles. The normalized spacial score (nSPS) is 41.2. The molecule has 1 N–H and O–H groups in total. The smallest absolute Gasteiger partial charge is 0.238 e.